The minimum absolute atomic E-state index is 0.0546. The number of carbonyl (C=O) groups is 2. The van der Waals surface area contributed by atoms with Gasteiger partial charge in [-0.2, -0.15) is 5.10 Å². The number of non-ortho nitro benzene ring substituents is 1. The van der Waals surface area contributed by atoms with E-state index in [4.69, 9.17) is 0 Å². The van der Waals surface area contributed by atoms with Crippen LogP contribution in [0.3, 0.4) is 0 Å². The van der Waals surface area contributed by atoms with Crippen molar-refractivity contribution in [3.05, 3.63) is 69.8 Å². The number of benzene rings is 2. The van der Waals surface area contributed by atoms with E-state index in [9.17, 15) is 19.7 Å². The fourth-order valence-electron chi connectivity index (χ4n) is 2.10. The van der Waals surface area contributed by atoms with E-state index in [0.29, 0.717) is 23.2 Å². The summed E-state index contributed by atoms with van der Waals surface area (Å²) in [6, 6.07) is 12.3. The highest BCUT2D eigenvalue weighted by Gasteiger charge is 2.06. The standard InChI is InChI=1S/C18H18N4O4/c1-2-4-17(23)20-15-9-7-14(8-10-15)18(24)21-19-12-13-5-3-6-16(11-13)22(25)26/h3,5-12H,2,4H2,1H3,(H,20,23)(H,21,24). The van der Waals surface area contributed by atoms with Crippen LogP contribution >= 0.6 is 0 Å². The molecule has 8 nitrogen and oxygen atoms in total. The van der Waals surface area contributed by atoms with Gasteiger partial charge in [0.1, 0.15) is 0 Å². The molecule has 0 bridgehead atoms. The first kappa shape index (κ1) is 18.8. The lowest BCUT2D eigenvalue weighted by molar-refractivity contribution is -0.384. The Morgan fingerprint density at radius 2 is 1.92 bits per heavy atom. The molecule has 0 heterocycles. The molecule has 0 saturated heterocycles. The first-order chi connectivity index (χ1) is 12.5. The molecule has 0 spiro atoms. The van der Waals surface area contributed by atoms with E-state index in [-0.39, 0.29) is 11.6 Å². The number of nitro benzene ring substituents is 1. The molecule has 26 heavy (non-hydrogen) atoms. The van der Waals surface area contributed by atoms with Gasteiger partial charge < -0.3 is 5.32 Å². The van der Waals surface area contributed by atoms with Gasteiger partial charge in [0.2, 0.25) is 5.91 Å². The van der Waals surface area contributed by atoms with Gasteiger partial charge in [0.15, 0.2) is 0 Å². The van der Waals surface area contributed by atoms with Crippen molar-refractivity contribution in [2.45, 2.75) is 19.8 Å². The third-order valence-corrected chi connectivity index (χ3v) is 3.37. The predicted octanol–water partition coefficient (Wildman–Crippen LogP) is 3.10. The number of anilines is 1. The zero-order valence-electron chi connectivity index (χ0n) is 14.1. The summed E-state index contributed by atoms with van der Waals surface area (Å²) in [6.45, 7) is 1.92. The van der Waals surface area contributed by atoms with E-state index in [1.54, 1.807) is 30.3 Å². The Hall–Kier alpha value is -3.55. The highest BCUT2D eigenvalue weighted by atomic mass is 16.6. The summed E-state index contributed by atoms with van der Waals surface area (Å²) in [6.07, 6.45) is 2.52. The zero-order chi connectivity index (χ0) is 18.9. The normalized spacial score (nSPS) is 10.5. The van der Waals surface area contributed by atoms with Crippen molar-refractivity contribution in [3.63, 3.8) is 0 Å². The first-order valence-electron chi connectivity index (χ1n) is 7.97. The van der Waals surface area contributed by atoms with Crippen LogP contribution in [0.25, 0.3) is 0 Å². The van der Waals surface area contributed by atoms with Gasteiger partial charge in [0.25, 0.3) is 11.6 Å². The Kier molecular flexibility index (Phi) is 6.55. The number of amides is 2. The number of hydrazone groups is 1. The highest BCUT2D eigenvalue weighted by Crippen LogP contribution is 2.12. The summed E-state index contributed by atoms with van der Waals surface area (Å²) in [5, 5.41) is 17.2. The quantitative estimate of drug-likeness (QED) is 0.452. The minimum atomic E-state index is -0.503. The lowest BCUT2D eigenvalue weighted by atomic mass is 10.2. The van der Waals surface area contributed by atoms with Crippen LogP contribution in [0, 0.1) is 10.1 Å². The van der Waals surface area contributed by atoms with Gasteiger partial charge in [-0.3, -0.25) is 19.7 Å². The van der Waals surface area contributed by atoms with Crippen molar-refractivity contribution in [1.82, 2.24) is 5.43 Å². The Bertz CT molecular complexity index is 831. The van der Waals surface area contributed by atoms with E-state index in [1.165, 1.54) is 24.4 Å². The number of rotatable bonds is 7. The molecule has 0 fully saturated rings. The number of nitrogens with one attached hydrogen (secondary N) is 2. The Labute approximate surface area is 150 Å². The monoisotopic (exact) mass is 354 g/mol. The SMILES string of the molecule is CCCC(=O)Nc1ccc(C(=O)NN=Cc2cccc([N+](=O)[O-])c2)cc1. The van der Waals surface area contributed by atoms with Gasteiger partial charge in [0.05, 0.1) is 11.1 Å². The summed E-state index contributed by atoms with van der Waals surface area (Å²) in [4.78, 5) is 33.8. The van der Waals surface area contributed by atoms with Crippen LogP contribution in [0.5, 0.6) is 0 Å². The molecule has 2 rings (SSSR count). The van der Waals surface area contributed by atoms with E-state index in [0.717, 1.165) is 6.42 Å². The maximum atomic E-state index is 12.0. The molecule has 134 valence electrons. The molecule has 0 unspecified atom stereocenters. The molecule has 0 saturated carbocycles. The largest absolute Gasteiger partial charge is 0.326 e. The van der Waals surface area contributed by atoms with E-state index >= 15 is 0 Å². The zero-order valence-corrected chi connectivity index (χ0v) is 14.1. The number of hydrogen-bond donors (Lipinski definition) is 2. The number of nitro groups is 1. The van der Waals surface area contributed by atoms with Crippen LogP contribution in [-0.2, 0) is 4.79 Å². The van der Waals surface area contributed by atoms with E-state index < -0.39 is 10.8 Å². The molecule has 8 heteroatoms. The molecular formula is C18H18N4O4. The van der Waals surface area contributed by atoms with Crippen molar-refractivity contribution in [1.29, 1.82) is 0 Å². The molecule has 0 aliphatic carbocycles. The summed E-state index contributed by atoms with van der Waals surface area (Å²) in [5.74, 6) is -0.510. The second-order valence-electron chi connectivity index (χ2n) is 5.43. The van der Waals surface area contributed by atoms with Crippen molar-refractivity contribution in [2.24, 2.45) is 5.10 Å². The number of nitrogens with zero attached hydrogens (tertiary/aromatic N) is 2. The fourth-order valence-corrected chi connectivity index (χ4v) is 2.10. The van der Waals surface area contributed by atoms with Gasteiger partial charge in [-0.15, -0.1) is 0 Å². The van der Waals surface area contributed by atoms with E-state index in [1.807, 2.05) is 6.92 Å². The van der Waals surface area contributed by atoms with E-state index in [2.05, 4.69) is 15.8 Å². The van der Waals surface area contributed by atoms with Crippen LogP contribution < -0.4 is 10.7 Å². The molecule has 2 N–H and O–H groups in total. The minimum Gasteiger partial charge on any atom is -0.326 e. The third kappa shape index (κ3) is 5.52. The Morgan fingerprint density at radius 3 is 2.58 bits per heavy atom. The second-order valence-corrected chi connectivity index (χ2v) is 5.43. The first-order valence-corrected chi connectivity index (χ1v) is 7.97. The molecule has 2 aromatic rings. The third-order valence-electron chi connectivity index (χ3n) is 3.37. The van der Waals surface area contributed by atoms with Gasteiger partial charge in [-0.1, -0.05) is 19.1 Å². The van der Waals surface area contributed by atoms with Gasteiger partial charge >= 0.3 is 0 Å². The molecule has 0 aromatic heterocycles. The summed E-state index contributed by atoms with van der Waals surface area (Å²) >= 11 is 0. The topological polar surface area (TPSA) is 114 Å². The molecule has 0 atom stereocenters. The molecule has 0 aliphatic rings. The Morgan fingerprint density at radius 1 is 1.19 bits per heavy atom. The number of hydrogen-bond acceptors (Lipinski definition) is 5. The molecule has 0 radical (unpaired) electrons. The van der Waals surface area contributed by atoms with Crippen molar-refractivity contribution in [3.8, 4) is 0 Å². The average Bonchev–Trinajstić information content (AvgIpc) is 2.62. The second kappa shape index (κ2) is 9.07. The van der Waals surface area contributed by atoms with Crippen LogP contribution in [-0.4, -0.2) is 23.0 Å². The van der Waals surface area contributed by atoms with Gasteiger partial charge in [-0.25, -0.2) is 5.43 Å². The van der Waals surface area contributed by atoms with Crippen molar-refractivity contribution in [2.75, 3.05) is 5.32 Å². The number of carbonyl (C=O) groups excluding carboxylic acids is 2. The summed E-state index contributed by atoms with van der Waals surface area (Å²) < 4.78 is 0. The highest BCUT2D eigenvalue weighted by molar-refractivity contribution is 5.96. The van der Waals surface area contributed by atoms with Gasteiger partial charge in [-0.05, 0) is 30.7 Å². The fraction of sp³-hybridized carbons (Fsp3) is 0.167. The lowest BCUT2D eigenvalue weighted by Gasteiger charge is -2.05. The molecular weight excluding hydrogens is 336 g/mol. The maximum absolute atomic E-state index is 12.0. The predicted molar refractivity (Wildman–Crippen MR) is 98.1 cm³/mol. The van der Waals surface area contributed by atoms with Crippen molar-refractivity contribution >= 4 is 29.4 Å². The van der Waals surface area contributed by atoms with Gasteiger partial charge in [0, 0.05) is 35.4 Å². The van der Waals surface area contributed by atoms with Crippen LogP contribution in [0.15, 0.2) is 53.6 Å². The summed E-state index contributed by atoms with van der Waals surface area (Å²) in [7, 11) is 0. The van der Waals surface area contributed by atoms with Crippen LogP contribution in [0.1, 0.15) is 35.7 Å². The van der Waals surface area contributed by atoms with Crippen molar-refractivity contribution < 1.29 is 14.5 Å². The average molecular weight is 354 g/mol. The molecule has 0 aliphatic heterocycles. The van der Waals surface area contributed by atoms with Crippen LogP contribution in [0.2, 0.25) is 0 Å². The maximum Gasteiger partial charge on any atom is 0.271 e. The van der Waals surface area contributed by atoms with Crippen LogP contribution in [0.4, 0.5) is 11.4 Å². The molecule has 2 aromatic carbocycles. The summed E-state index contributed by atoms with van der Waals surface area (Å²) in [5.41, 5.74) is 3.77. The smallest absolute Gasteiger partial charge is 0.271 e. The lowest BCUT2D eigenvalue weighted by Crippen LogP contribution is -2.17. The molecule has 2 amide bonds. The Balaban J connectivity index is 1.94.